The fraction of sp³-hybridized carbons (Fsp3) is 0.435. The van der Waals surface area contributed by atoms with E-state index in [1.54, 1.807) is 23.9 Å². The summed E-state index contributed by atoms with van der Waals surface area (Å²) in [5.41, 5.74) is 4.94. The molecule has 0 radical (unpaired) electrons. The van der Waals surface area contributed by atoms with E-state index >= 15 is 0 Å². The van der Waals surface area contributed by atoms with Crippen LogP contribution >= 0.6 is 11.8 Å². The van der Waals surface area contributed by atoms with E-state index in [1.807, 2.05) is 0 Å². The smallest absolute Gasteiger partial charge is 0.269 e. The minimum absolute atomic E-state index is 0.0674. The van der Waals surface area contributed by atoms with Crippen LogP contribution in [0.25, 0.3) is 0 Å². The van der Waals surface area contributed by atoms with E-state index in [2.05, 4.69) is 33.3 Å². The number of nitro benzene ring substituents is 1. The third-order valence-corrected chi connectivity index (χ3v) is 7.79. The van der Waals surface area contributed by atoms with Gasteiger partial charge < -0.3 is 10.2 Å². The molecule has 0 aromatic heterocycles. The number of hydrogen-bond donors (Lipinski definition) is 1. The van der Waals surface area contributed by atoms with Crippen LogP contribution in [0, 0.1) is 10.1 Å². The lowest BCUT2D eigenvalue weighted by molar-refractivity contribution is -0.385. The molecule has 1 atom stereocenters. The Labute approximate surface area is 185 Å². The first kappa shape index (κ1) is 20.3. The molecule has 3 aliphatic heterocycles. The standard InChI is InChI=1S/C23H26N4O3S/c28-22(19-15-31-23-5-4-16(27(29)30)14-18(19)23)7-9-25-10-12-26(13-11-25)21-3-1-2-20-17(21)6-8-24-20/h1-5,14,19,24H,6-13,15H2. The number of nitro groups is 1. The number of piperazine rings is 1. The highest BCUT2D eigenvalue weighted by atomic mass is 32.2. The van der Waals surface area contributed by atoms with Gasteiger partial charge >= 0.3 is 0 Å². The zero-order valence-corrected chi connectivity index (χ0v) is 18.2. The summed E-state index contributed by atoms with van der Waals surface area (Å²) in [4.78, 5) is 29.5. The van der Waals surface area contributed by atoms with Crippen LogP contribution in [0.3, 0.4) is 0 Å². The predicted octanol–water partition coefficient (Wildman–Crippen LogP) is 3.53. The van der Waals surface area contributed by atoms with Gasteiger partial charge in [0.1, 0.15) is 5.78 Å². The number of benzene rings is 2. The Morgan fingerprint density at radius 1 is 1.19 bits per heavy atom. The van der Waals surface area contributed by atoms with Crippen LogP contribution in [-0.2, 0) is 11.2 Å². The number of ketones is 1. The Morgan fingerprint density at radius 3 is 2.84 bits per heavy atom. The Hall–Kier alpha value is -2.58. The Balaban J connectivity index is 1.16. The zero-order valence-electron chi connectivity index (χ0n) is 17.4. The molecule has 0 saturated carbocycles. The molecule has 5 rings (SSSR count). The lowest BCUT2D eigenvalue weighted by Gasteiger charge is -2.37. The van der Waals surface area contributed by atoms with E-state index in [-0.39, 0.29) is 22.3 Å². The Kier molecular flexibility index (Phi) is 5.58. The van der Waals surface area contributed by atoms with E-state index in [0.717, 1.165) is 56.1 Å². The molecular formula is C23H26N4O3S. The highest BCUT2D eigenvalue weighted by molar-refractivity contribution is 7.99. The summed E-state index contributed by atoms with van der Waals surface area (Å²) in [5.74, 6) is 0.665. The fourth-order valence-corrected chi connectivity index (χ4v) is 6.10. The van der Waals surface area contributed by atoms with Crippen molar-refractivity contribution in [3.8, 4) is 0 Å². The van der Waals surface area contributed by atoms with Gasteiger partial charge in [-0.15, -0.1) is 11.8 Å². The average Bonchev–Trinajstić information content (AvgIpc) is 3.44. The number of fused-ring (bicyclic) bond motifs is 2. The van der Waals surface area contributed by atoms with Gasteiger partial charge in [-0.05, 0) is 30.2 Å². The van der Waals surface area contributed by atoms with Gasteiger partial charge in [-0.3, -0.25) is 19.8 Å². The van der Waals surface area contributed by atoms with Crippen molar-refractivity contribution in [2.24, 2.45) is 0 Å². The van der Waals surface area contributed by atoms with Gasteiger partial charge in [-0.2, -0.15) is 0 Å². The summed E-state index contributed by atoms with van der Waals surface area (Å²) in [6.07, 6.45) is 1.58. The molecule has 7 nitrogen and oxygen atoms in total. The summed E-state index contributed by atoms with van der Waals surface area (Å²) >= 11 is 1.62. The quantitative estimate of drug-likeness (QED) is 0.546. The summed E-state index contributed by atoms with van der Waals surface area (Å²) < 4.78 is 0. The minimum Gasteiger partial charge on any atom is -0.384 e. The van der Waals surface area contributed by atoms with Crippen LogP contribution in [0.5, 0.6) is 0 Å². The number of carbonyl (C=O) groups is 1. The minimum atomic E-state index is -0.386. The second-order valence-electron chi connectivity index (χ2n) is 8.37. The number of Topliss-reactive ketones (excluding diaryl/α,β-unsaturated/α-hetero) is 1. The normalized spacial score (nSPS) is 20.3. The van der Waals surface area contributed by atoms with E-state index in [9.17, 15) is 14.9 Å². The number of nitrogens with one attached hydrogen (secondary N) is 1. The third-order valence-electron chi connectivity index (χ3n) is 6.60. The molecule has 2 aromatic carbocycles. The number of thioether (sulfide) groups is 1. The van der Waals surface area contributed by atoms with E-state index in [4.69, 9.17) is 0 Å². The summed E-state index contributed by atoms with van der Waals surface area (Å²) in [5, 5.41) is 14.6. The lowest BCUT2D eigenvalue weighted by atomic mass is 9.94. The van der Waals surface area contributed by atoms with Gasteiger partial charge in [0.2, 0.25) is 0 Å². The fourth-order valence-electron chi connectivity index (χ4n) is 4.86. The van der Waals surface area contributed by atoms with Crippen LogP contribution in [0.15, 0.2) is 41.3 Å². The van der Waals surface area contributed by atoms with Crippen LogP contribution in [0.2, 0.25) is 0 Å². The molecular weight excluding hydrogens is 412 g/mol. The predicted molar refractivity (Wildman–Crippen MR) is 123 cm³/mol. The van der Waals surface area contributed by atoms with Crippen molar-refractivity contribution in [3.05, 3.63) is 57.6 Å². The molecule has 0 aliphatic carbocycles. The van der Waals surface area contributed by atoms with Gasteiger partial charge in [0.15, 0.2) is 0 Å². The maximum atomic E-state index is 12.9. The van der Waals surface area contributed by atoms with Crippen molar-refractivity contribution >= 4 is 34.6 Å². The number of non-ortho nitro benzene ring substituents is 1. The first-order valence-electron chi connectivity index (χ1n) is 10.9. The van der Waals surface area contributed by atoms with Crippen molar-refractivity contribution in [1.29, 1.82) is 0 Å². The summed E-state index contributed by atoms with van der Waals surface area (Å²) in [6.45, 7) is 5.61. The molecule has 3 aliphatic rings. The Bertz CT molecular complexity index is 1020. The van der Waals surface area contributed by atoms with Gasteiger partial charge in [0.25, 0.3) is 5.69 Å². The highest BCUT2D eigenvalue weighted by Crippen LogP contribution is 2.42. The van der Waals surface area contributed by atoms with E-state index in [0.29, 0.717) is 12.2 Å². The number of anilines is 2. The summed E-state index contributed by atoms with van der Waals surface area (Å²) in [6, 6.07) is 11.4. The molecule has 2 aromatic rings. The third kappa shape index (κ3) is 4.02. The molecule has 1 saturated heterocycles. The maximum absolute atomic E-state index is 12.9. The molecule has 1 unspecified atom stereocenters. The number of rotatable bonds is 6. The van der Waals surface area contributed by atoms with Crippen LogP contribution < -0.4 is 10.2 Å². The molecule has 8 heteroatoms. The van der Waals surface area contributed by atoms with Crippen molar-refractivity contribution in [2.45, 2.75) is 23.7 Å². The maximum Gasteiger partial charge on any atom is 0.269 e. The highest BCUT2D eigenvalue weighted by Gasteiger charge is 2.31. The van der Waals surface area contributed by atoms with Gasteiger partial charge in [-0.25, -0.2) is 0 Å². The first-order valence-corrected chi connectivity index (χ1v) is 11.9. The SMILES string of the molecule is O=C(CCN1CCN(c2cccc3c2CCN3)CC1)C1CSc2ccc([N+](=O)[O-])cc21. The van der Waals surface area contributed by atoms with E-state index < -0.39 is 0 Å². The number of carbonyl (C=O) groups excluding carboxylic acids is 1. The molecule has 162 valence electrons. The second kappa shape index (κ2) is 8.51. The van der Waals surface area contributed by atoms with Gasteiger partial charge in [0, 0.05) is 85.4 Å². The number of nitrogens with zero attached hydrogens (tertiary/aromatic N) is 3. The van der Waals surface area contributed by atoms with Crippen LogP contribution in [0.1, 0.15) is 23.5 Å². The molecule has 3 heterocycles. The van der Waals surface area contributed by atoms with Gasteiger partial charge in [0.05, 0.1) is 10.8 Å². The average molecular weight is 439 g/mol. The molecule has 31 heavy (non-hydrogen) atoms. The number of hydrogen-bond acceptors (Lipinski definition) is 7. The Morgan fingerprint density at radius 2 is 2.03 bits per heavy atom. The molecule has 0 amide bonds. The van der Waals surface area contributed by atoms with E-state index in [1.165, 1.54) is 23.0 Å². The van der Waals surface area contributed by atoms with Gasteiger partial charge in [-0.1, -0.05) is 6.07 Å². The van der Waals surface area contributed by atoms with Crippen molar-refractivity contribution in [1.82, 2.24) is 4.90 Å². The molecule has 1 fully saturated rings. The lowest BCUT2D eigenvalue weighted by Crippen LogP contribution is -2.47. The van der Waals surface area contributed by atoms with Crippen molar-refractivity contribution in [3.63, 3.8) is 0 Å². The molecule has 0 bridgehead atoms. The monoisotopic (exact) mass is 438 g/mol. The zero-order chi connectivity index (χ0) is 21.4. The van der Waals surface area contributed by atoms with Crippen molar-refractivity contribution in [2.75, 3.05) is 55.2 Å². The van der Waals surface area contributed by atoms with Crippen LogP contribution in [-0.4, -0.2) is 60.6 Å². The summed E-state index contributed by atoms with van der Waals surface area (Å²) in [7, 11) is 0. The first-order chi connectivity index (χ1) is 15.1. The van der Waals surface area contributed by atoms with Crippen LogP contribution in [0.4, 0.5) is 17.1 Å². The van der Waals surface area contributed by atoms with Crippen molar-refractivity contribution < 1.29 is 9.72 Å². The largest absolute Gasteiger partial charge is 0.384 e. The molecule has 1 N–H and O–H groups in total. The molecule has 0 spiro atoms. The second-order valence-corrected chi connectivity index (χ2v) is 9.43. The topological polar surface area (TPSA) is 78.7 Å².